The van der Waals surface area contributed by atoms with Gasteiger partial charge in [0.1, 0.15) is 12.2 Å². The number of nitrogens with two attached hydrogens (primary N) is 1. The minimum Gasteiger partial charge on any atom is -0.340 e. The zero-order chi connectivity index (χ0) is 18.7. The Morgan fingerprint density at radius 1 is 1.08 bits per heavy atom. The molecule has 9 nitrogen and oxygen atoms in total. The molecule has 2 N–H and O–H groups in total. The summed E-state index contributed by atoms with van der Waals surface area (Å²) in [5, 5.41) is 16.2. The first kappa shape index (κ1) is 18.4. The minimum atomic E-state index is -4.20. The van der Waals surface area contributed by atoms with Gasteiger partial charge in [-0.2, -0.15) is 8.42 Å². The lowest BCUT2D eigenvalue weighted by atomic mass is 10.0. The molecule has 0 amide bonds. The van der Waals surface area contributed by atoms with Crippen LogP contribution < -0.4 is 5.14 Å². The zero-order valence-corrected chi connectivity index (χ0v) is 14.2. The number of nitro groups is 1. The topological polar surface area (TPSA) is 131 Å². The van der Waals surface area contributed by atoms with Crippen molar-refractivity contribution in [3.05, 3.63) is 75.8 Å². The summed E-state index contributed by atoms with van der Waals surface area (Å²) in [6.07, 6.45) is -2.63. The molecule has 2 aromatic rings. The lowest BCUT2D eigenvalue weighted by molar-refractivity contribution is -0.386. The molecule has 1 heterocycles. The third kappa shape index (κ3) is 4.23. The van der Waals surface area contributed by atoms with E-state index >= 15 is 0 Å². The van der Waals surface area contributed by atoms with Gasteiger partial charge in [-0.05, 0) is 6.07 Å². The molecule has 26 heavy (non-hydrogen) atoms. The summed E-state index contributed by atoms with van der Waals surface area (Å²) in [4.78, 5) is 10.8. The molecule has 0 spiro atoms. The fourth-order valence-corrected chi connectivity index (χ4v) is 3.03. The maximum absolute atomic E-state index is 11.3. The molecule has 10 heteroatoms. The molecule has 1 aliphatic rings. The quantitative estimate of drug-likeness (QED) is 0.598. The van der Waals surface area contributed by atoms with Crippen molar-refractivity contribution in [3.8, 4) is 0 Å². The standard InChI is InChI=1S/C16H16N2O7S/c17-26(21,22)23-10-14-15(12-8-4-5-9-13(12)18(19)20)25-16(24-14)11-6-2-1-3-7-11/h1-9,14-16H,10H2,(H2,17,21,22)/t14-,15-,16?/m0/s1. The van der Waals surface area contributed by atoms with E-state index in [-0.39, 0.29) is 11.3 Å². The van der Waals surface area contributed by atoms with Gasteiger partial charge in [0.15, 0.2) is 6.29 Å². The summed E-state index contributed by atoms with van der Waals surface area (Å²) in [5.41, 5.74) is 0.795. The number of hydrogen-bond donors (Lipinski definition) is 1. The molecular formula is C16H16N2O7S. The molecule has 0 aromatic heterocycles. The number of benzene rings is 2. The highest BCUT2D eigenvalue weighted by Crippen LogP contribution is 2.42. The zero-order valence-electron chi connectivity index (χ0n) is 13.4. The molecule has 1 unspecified atom stereocenters. The van der Waals surface area contributed by atoms with E-state index in [9.17, 15) is 18.5 Å². The molecule has 3 atom stereocenters. The number of rotatable bonds is 6. The Bertz CT molecular complexity index is 888. The maximum atomic E-state index is 11.3. The van der Waals surface area contributed by atoms with Crippen molar-refractivity contribution in [1.82, 2.24) is 0 Å². The summed E-state index contributed by atoms with van der Waals surface area (Å²) in [6.45, 7) is -0.432. The summed E-state index contributed by atoms with van der Waals surface area (Å²) in [6, 6.07) is 15.0. The second-order valence-corrected chi connectivity index (χ2v) is 6.79. The SMILES string of the molecule is NS(=O)(=O)OC[C@@H]1OC(c2ccccc2)O[C@H]1c1ccccc1[N+](=O)[O-]. The van der Waals surface area contributed by atoms with E-state index in [4.69, 9.17) is 14.6 Å². The highest BCUT2D eigenvalue weighted by molar-refractivity contribution is 7.84. The van der Waals surface area contributed by atoms with E-state index in [1.165, 1.54) is 18.2 Å². The molecule has 3 rings (SSSR count). The average molecular weight is 380 g/mol. The van der Waals surface area contributed by atoms with E-state index in [2.05, 4.69) is 4.18 Å². The Labute approximate surface area is 149 Å². The molecule has 1 fully saturated rings. The average Bonchev–Trinajstić information content (AvgIpc) is 3.04. The lowest BCUT2D eigenvalue weighted by Gasteiger charge is -2.16. The second-order valence-electron chi connectivity index (χ2n) is 5.57. The van der Waals surface area contributed by atoms with E-state index in [0.717, 1.165) is 0 Å². The van der Waals surface area contributed by atoms with E-state index in [1.807, 2.05) is 6.07 Å². The van der Waals surface area contributed by atoms with E-state index in [1.54, 1.807) is 30.3 Å². The number of para-hydroxylation sites is 1. The normalized spacial score (nSPS) is 23.0. The van der Waals surface area contributed by atoms with Gasteiger partial charge in [-0.15, -0.1) is 0 Å². The third-order valence-corrected chi connectivity index (χ3v) is 4.28. The Hall–Kier alpha value is -2.37. The summed E-state index contributed by atoms with van der Waals surface area (Å²) < 4.78 is 38.5. The van der Waals surface area contributed by atoms with Gasteiger partial charge in [0.05, 0.1) is 17.1 Å². The van der Waals surface area contributed by atoms with E-state index < -0.39 is 40.3 Å². The molecule has 0 saturated carbocycles. The number of ether oxygens (including phenoxy) is 2. The van der Waals surface area contributed by atoms with Crippen molar-refractivity contribution in [3.63, 3.8) is 0 Å². The molecule has 2 aromatic carbocycles. The highest BCUT2D eigenvalue weighted by Gasteiger charge is 2.41. The summed E-state index contributed by atoms with van der Waals surface area (Å²) in [7, 11) is -4.20. The van der Waals surface area contributed by atoms with Crippen molar-refractivity contribution >= 4 is 16.0 Å². The van der Waals surface area contributed by atoms with Crippen LogP contribution >= 0.6 is 0 Å². The van der Waals surface area contributed by atoms with Gasteiger partial charge in [-0.3, -0.25) is 14.3 Å². The first-order valence-corrected chi connectivity index (χ1v) is 9.08. The van der Waals surface area contributed by atoms with Crippen LogP contribution in [0.4, 0.5) is 5.69 Å². The van der Waals surface area contributed by atoms with Crippen LogP contribution in [0.3, 0.4) is 0 Å². The summed E-state index contributed by atoms with van der Waals surface area (Å²) >= 11 is 0. The largest absolute Gasteiger partial charge is 0.340 e. The van der Waals surface area contributed by atoms with Crippen LogP contribution in [0.5, 0.6) is 0 Å². The van der Waals surface area contributed by atoms with Crippen LogP contribution in [0, 0.1) is 10.1 Å². The minimum absolute atomic E-state index is 0.157. The van der Waals surface area contributed by atoms with Crippen LogP contribution in [0.15, 0.2) is 54.6 Å². The molecule has 0 radical (unpaired) electrons. The third-order valence-electron chi connectivity index (χ3n) is 3.81. The van der Waals surface area contributed by atoms with Gasteiger partial charge in [-0.25, -0.2) is 5.14 Å². The first-order valence-electron chi connectivity index (χ1n) is 7.61. The first-order chi connectivity index (χ1) is 12.3. The maximum Gasteiger partial charge on any atom is 0.333 e. The van der Waals surface area contributed by atoms with E-state index in [0.29, 0.717) is 5.56 Å². The number of nitrogens with zero attached hydrogens (tertiary/aromatic N) is 1. The van der Waals surface area contributed by atoms with Gasteiger partial charge >= 0.3 is 10.3 Å². The van der Waals surface area contributed by atoms with Gasteiger partial charge in [-0.1, -0.05) is 42.5 Å². The Morgan fingerprint density at radius 2 is 1.73 bits per heavy atom. The molecular weight excluding hydrogens is 364 g/mol. The lowest BCUT2D eigenvalue weighted by Crippen LogP contribution is -2.27. The summed E-state index contributed by atoms with van der Waals surface area (Å²) in [5.74, 6) is 0. The monoisotopic (exact) mass is 380 g/mol. The molecule has 1 aliphatic heterocycles. The van der Waals surface area contributed by atoms with Crippen LogP contribution in [0.2, 0.25) is 0 Å². The van der Waals surface area contributed by atoms with Crippen LogP contribution in [0.25, 0.3) is 0 Å². The van der Waals surface area contributed by atoms with Gasteiger partial charge in [0, 0.05) is 11.6 Å². The van der Waals surface area contributed by atoms with Crippen molar-refractivity contribution in [2.75, 3.05) is 6.61 Å². The van der Waals surface area contributed by atoms with Crippen LogP contribution in [-0.2, 0) is 24.0 Å². The molecule has 1 saturated heterocycles. The predicted octanol–water partition coefficient (Wildman–Crippen LogP) is 1.97. The molecule has 0 aliphatic carbocycles. The fourth-order valence-electron chi connectivity index (χ4n) is 2.71. The van der Waals surface area contributed by atoms with Crippen molar-refractivity contribution in [2.24, 2.45) is 5.14 Å². The van der Waals surface area contributed by atoms with Crippen molar-refractivity contribution < 1.29 is 27.0 Å². The Morgan fingerprint density at radius 3 is 2.38 bits per heavy atom. The highest BCUT2D eigenvalue weighted by atomic mass is 32.2. The Balaban J connectivity index is 1.93. The number of hydrogen-bond acceptors (Lipinski definition) is 7. The Kier molecular flexibility index (Phi) is 5.30. The van der Waals surface area contributed by atoms with Crippen molar-refractivity contribution in [1.29, 1.82) is 0 Å². The second kappa shape index (κ2) is 7.48. The van der Waals surface area contributed by atoms with Gasteiger partial charge in [0.25, 0.3) is 5.69 Å². The van der Waals surface area contributed by atoms with Crippen LogP contribution in [-0.4, -0.2) is 26.1 Å². The number of nitro benzene ring substituents is 1. The van der Waals surface area contributed by atoms with Crippen LogP contribution in [0.1, 0.15) is 23.5 Å². The van der Waals surface area contributed by atoms with Gasteiger partial charge in [0.2, 0.25) is 0 Å². The molecule has 0 bridgehead atoms. The van der Waals surface area contributed by atoms with Gasteiger partial charge < -0.3 is 9.47 Å². The molecule has 138 valence electrons. The van der Waals surface area contributed by atoms with Crippen molar-refractivity contribution in [2.45, 2.75) is 18.5 Å². The fraction of sp³-hybridized carbons (Fsp3) is 0.250. The predicted molar refractivity (Wildman–Crippen MR) is 90.0 cm³/mol. The smallest absolute Gasteiger partial charge is 0.333 e.